The van der Waals surface area contributed by atoms with Gasteiger partial charge in [-0.3, -0.25) is 25.1 Å². The van der Waals surface area contributed by atoms with Gasteiger partial charge in [0, 0.05) is 5.69 Å². The van der Waals surface area contributed by atoms with Gasteiger partial charge in [-0.05, 0) is 39.0 Å². The molecule has 2 amide bonds. The molecule has 0 spiro atoms. The Morgan fingerprint density at radius 3 is 2.55 bits per heavy atom. The van der Waals surface area contributed by atoms with E-state index in [0.29, 0.717) is 5.76 Å². The fourth-order valence-electron chi connectivity index (χ4n) is 1.76. The van der Waals surface area contributed by atoms with Crippen LogP contribution in [0.4, 0.5) is 0 Å². The monoisotopic (exact) mass is 276 g/mol. The van der Waals surface area contributed by atoms with Crippen LogP contribution in [0.1, 0.15) is 27.7 Å². The Hall–Kier alpha value is -2.57. The first-order chi connectivity index (χ1) is 9.45. The number of aromatic nitrogens is 2. The van der Waals surface area contributed by atoms with Crippen LogP contribution in [-0.2, 0) is 11.3 Å². The van der Waals surface area contributed by atoms with Crippen LogP contribution in [0.3, 0.4) is 0 Å². The second-order valence-corrected chi connectivity index (χ2v) is 4.50. The van der Waals surface area contributed by atoms with Gasteiger partial charge in [0.05, 0.1) is 5.69 Å². The fraction of sp³-hybridized carbons (Fsp3) is 0.308. The molecule has 0 radical (unpaired) electrons. The molecule has 0 aliphatic carbocycles. The number of amides is 2. The minimum Gasteiger partial charge on any atom is -0.456 e. The first kappa shape index (κ1) is 13.9. The predicted molar refractivity (Wildman–Crippen MR) is 70.8 cm³/mol. The second-order valence-electron chi connectivity index (χ2n) is 4.50. The molecule has 106 valence electrons. The number of carbonyl (C=O) groups excluding carboxylic acids is 2. The molecule has 0 saturated heterocycles. The highest BCUT2D eigenvalue weighted by Crippen LogP contribution is 2.05. The number of furan rings is 1. The molecule has 2 rings (SSSR count). The normalized spacial score (nSPS) is 10.3. The molecule has 2 heterocycles. The van der Waals surface area contributed by atoms with Crippen molar-refractivity contribution < 1.29 is 14.0 Å². The van der Waals surface area contributed by atoms with E-state index >= 15 is 0 Å². The molecular formula is C13H16N4O3. The lowest BCUT2D eigenvalue weighted by atomic mass is 10.4. The van der Waals surface area contributed by atoms with Gasteiger partial charge in [-0.25, -0.2) is 0 Å². The molecule has 7 heteroatoms. The largest absolute Gasteiger partial charge is 0.456 e. The van der Waals surface area contributed by atoms with Crippen LogP contribution in [0.25, 0.3) is 0 Å². The molecule has 2 N–H and O–H groups in total. The van der Waals surface area contributed by atoms with Gasteiger partial charge >= 0.3 is 5.91 Å². The van der Waals surface area contributed by atoms with E-state index in [1.54, 1.807) is 17.7 Å². The summed E-state index contributed by atoms with van der Waals surface area (Å²) in [5.41, 5.74) is 6.32. The maximum absolute atomic E-state index is 11.7. The van der Waals surface area contributed by atoms with E-state index in [-0.39, 0.29) is 18.2 Å². The molecule has 0 aliphatic heterocycles. The minimum absolute atomic E-state index is 0.0388. The summed E-state index contributed by atoms with van der Waals surface area (Å²) in [4.78, 5) is 23.3. The number of nitrogens with one attached hydrogen (secondary N) is 2. The van der Waals surface area contributed by atoms with Crippen LogP contribution in [0.15, 0.2) is 22.6 Å². The number of aryl methyl sites for hydroxylation is 3. The van der Waals surface area contributed by atoms with Gasteiger partial charge in [0.25, 0.3) is 5.91 Å². The highest BCUT2D eigenvalue weighted by Gasteiger charge is 2.12. The standard InChI is InChI=1S/C13H16N4O3/c1-8-6-9(2)17(16-8)7-12(18)14-15-13(19)11-5-4-10(3)20-11/h4-6H,7H2,1-3H3,(H,14,18)(H,15,19). The summed E-state index contributed by atoms with van der Waals surface area (Å²) in [6.07, 6.45) is 0. The molecule has 2 aromatic rings. The lowest BCUT2D eigenvalue weighted by Crippen LogP contribution is -2.43. The summed E-state index contributed by atoms with van der Waals surface area (Å²) in [7, 11) is 0. The van der Waals surface area contributed by atoms with Crippen LogP contribution in [-0.4, -0.2) is 21.6 Å². The molecule has 20 heavy (non-hydrogen) atoms. The topological polar surface area (TPSA) is 89.2 Å². The molecule has 0 bridgehead atoms. The summed E-state index contributed by atoms with van der Waals surface area (Å²) in [5.74, 6) is -0.0920. The molecule has 0 aliphatic rings. The summed E-state index contributed by atoms with van der Waals surface area (Å²) in [6.45, 7) is 5.48. The highest BCUT2D eigenvalue weighted by molar-refractivity contribution is 5.92. The van der Waals surface area contributed by atoms with Crippen molar-refractivity contribution in [3.63, 3.8) is 0 Å². The molecule has 0 fully saturated rings. The van der Waals surface area contributed by atoms with E-state index in [4.69, 9.17) is 4.42 Å². The van der Waals surface area contributed by atoms with Crippen molar-refractivity contribution in [2.24, 2.45) is 0 Å². The zero-order valence-corrected chi connectivity index (χ0v) is 11.6. The maximum atomic E-state index is 11.7. The Bertz CT molecular complexity index is 642. The number of nitrogens with zero attached hydrogens (tertiary/aromatic N) is 2. The summed E-state index contributed by atoms with van der Waals surface area (Å²) >= 11 is 0. The van der Waals surface area contributed by atoms with E-state index in [0.717, 1.165) is 11.4 Å². The summed E-state index contributed by atoms with van der Waals surface area (Å²) < 4.78 is 6.70. The van der Waals surface area contributed by atoms with Gasteiger partial charge in [0.15, 0.2) is 5.76 Å². The van der Waals surface area contributed by atoms with E-state index in [1.165, 1.54) is 6.07 Å². The van der Waals surface area contributed by atoms with E-state index in [1.807, 2.05) is 19.9 Å². The third-order valence-electron chi connectivity index (χ3n) is 2.68. The minimum atomic E-state index is -0.500. The van der Waals surface area contributed by atoms with Gasteiger partial charge in [-0.2, -0.15) is 5.10 Å². The van der Waals surface area contributed by atoms with Crippen molar-refractivity contribution in [2.75, 3.05) is 0 Å². The van der Waals surface area contributed by atoms with E-state index in [2.05, 4.69) is 16.0 Å². The van der Waals surface area contributed by atoms with Crippen LogP contribution in [0, 0.1) is 20.8 Å². The molecule has 7 nitrogen and oxygen atoms in total. The highest BCUT2D eigenvalue weighted by atomic mass is 16.3. The number of rotatable bonds is 3. The van der Waals surface area contributed by atoms with Crippen molar-refractivity contribution in [2.45, 2.75) is 27.3 Å². The van der Waals surface area contributed by atoms with Crippen LogP contribution < -0.4 is 10.9 Å². The smallest absolute Gasteiger partial charge is 0.305 e. The van der Waals surface area contributed by atoms with Gasteiger partial charge in [-0.15, -0.1) is 0 Å². The Balaban J connectivity index is 1.86. The SMILES string of the molecule is Cc1cc(C)n(CC(=O)NNC(=O)c2ccc(C)o2)n1. The van der Waals surface area contributed by atoms with Crippen molar-refractivity contribution in [3.8, 4) is 0 Å². The zero-order valence-electron chi connectivity index (χ0n) is 11.6. The van der Waals surface area contributed by atoms with Crippen molar-refractivity contribution >= 4 is 11.8 Å². The van der Waals surface area contributed by atoms with Crippen LogP contribution in [0.2, 0.25) is 0 Å². The molecule has 0 aromatic carbocycles. The predicted octanol–water partition coefficient (Wildman–Crippen LogP) is 0.863. The first-order valence-electron chi connectivity index (χ1n) is 6.12. The third-order valence-corrected chi connectivity index (χ3v) is 2.68. The van der Waals surface area contributed by atoms with Gasteiger partial charge < -0.3 is 4.42 Å². The van der Waals surface area contributed by atoms with Crippen molar-refractivity contribution in [1.29, 1.82) is 0 Å². The lowest BCUT2D eigenvalue weighted by molar-refractivity contribution is -0.122. The fourth-order valence-corrected chi connectivity index (χ4v) is 1.76. The Morgan fingerprint density at radius 2 is 2.00 bits per heavy atom. The van der Waals surface area contributed by atoms with Crippen molar-refractivity contribution in [1.82, 2.24) is 20.6 Å². The van der Waals surface area contributed by atoms with Crippen LogP contribution in [0.5, 0.6) is 0 Å². The average molecular weight is 276 g/mol. The lowest BCUT2D eigenvalue weighted by Gasteiger charge is -2.07. The number of hydrazine groups is 1. The number of hydrogen-bond donors (Lipinski definition) is 2. The zero-order chi connectivity index (χ0) is 14.7. The number of carbonyl (C=O) groups is 2. The molecule has 0 saturated carbocycles. The maximum Gasteiger partial charge on any atom is 0.305 e. The molecule has 0 unspecified atom stereocenters. The van der Waals surface area contributed by atoms with Crippen molar-refractivity contribution in [3.05, 3.63) is 41.1 Å². The molecular weight excluding hydrogens is 260 g/mol. The van der Waals surface area contributed by atoms with E-state index in [9.17, 15) is 9.59 Å². The molecule has 2 aromatic heterocycles. The second kappa shape index (κ2) is 5.60. The average Bonchev–Trinajstić information content (AvgIpc) is 2.93. The number of hydrogen-bond acceptors (Lipinski definition) is 4. The third kappa shape index (κ3) is 3.25. The Labute approximate surface area is 115 Å². The van der Waals surface area contributed by atoms with E-state index < -0.39 is 5.91 Å². The quantitative estimate of drug-likeness (QED) is 0.814. The van der Waals surface area contributed by atoms with Gasteiger partial charge in [0.1, 0.15) is 12.3 Å². The van der Waals surface area contributed by atoms with Crippen LogP contribution >= 0.6 is 0 Å². The summed E-state index contributed by atoms with van der Waals surface area (Å²) in [6, 6.07) is 5.09. The summed E-state index contributed by atoms with van der Waals surface area (Å²) in [5, 5.41) is 4.16. The Kier molecular flexibility index (Phi) is 3.88. The molecule has 0 atom stereocenters. The van der Waals surface area contributed by atoms with Gasteiger partial charge in [-0.1, -0.05) is 0 Å². The first-order valence-corrected chi connectivity index (χ1v) is 6.12. The van der Waals surface area contributed by atoms with Gasteiger partial charge in [0.2, 0.25) is 0 Å². The Morgan fingerprint density at radius 1 is 1.25 bits per heavy atom.